The quantitative estimate of drug-likeness (QED) is 0.695. The van der Waals surface area contributed by atoms with Crippen LogP contribution in [0.1, 0.15) is 30.5 Å². The lowest BCUT2D eigenvalue weighted by Crippen LogP contribution is -2.17. The number of ether oxygens (including phenoxy) is 1. The van der Waals surface area contributed by atoms with E-state index < -0.39 is 10.0 Å². The zero-order chi connectivity index (χ0) is 19.2. The van der Waals surface area contributed by atoms with Crippen LogP contribution in [0.3, 0.4) is 0 Å². The molecule has 26 heavy (non-hydrogen) atoms. The number of primary sulfonamides is 1. The minimum atomic E-state index is -3.89. The van der Waals surface area contributed by atoms with E-state index in [2.05, 4.69) is 0 Å². The molecule has 0 aliphatic heterocycles. The first-order valence-corrected chi connectivity index (χ1v) is 10.1. The highest BCUT2D eigenvalue weighted by atomic mass is 32.2. The van der Waals surface area contributed by atoms with Crippen molar-refractivity contribution in [2.45, 2.75) is 37.7 Å². The summed E-state index contributed by atoms with van der Waals surface area (Å²) in [6.07, 6.45) is 4.62. The van der Waals surface area contributed by atoms with E-state index in [4.69, 9.17) is 15.6 Å². The molecule has 0 spiro atoms. The molecule has 0 saturated carbocycles. The first kappa shape index (κ1) is 20.2. The molecule has 0 heterocycles. The van der Waals surface area contributed by atoms with Gasteiger partial charge in [-0.15, -0.1) is 0 Å². The van der Waals surface area contributed by atoms with Crippen molar-refractivity contribution in [3.8, 4) is 5.75 Å². The van der Waals surface area contributed by atoms with E-state index in [0.29, 0.717) is 30.7 Å². The van der Waals surface area contributed by atoms with E-state index in [1.54, 1.807) is 6.07 Å². The van der Waals surface area contributed by atoms with Crippen molar-refractivity contribution in [2.75, 3.05) is 6.54 Å². The van der Waals surface area contributed by atoms with Gasteiger partial charge in [0.05, 0.1) is 11.0 Å². The lowest BCUT2D eigenvalue weighted by molar-refractivity contribution is 0.239. The smallest absolute Gasteiger partial charge is 0.238 e. The minimum absolute atomic E-state index is 0.0901. The number of sulfonamides is 1. The van der Waals surface area contributed by atoms with Gasteiger partial charge in [0.15, 0.2) is 0 Å². The van der Waals surface area contributed by atoms with Crippen LogP contribution in [-0.2, 0) is 22.9 Å². The molecule has 0 radical (unpaired) electrons. The summed E-state index contributed by atoms with van der Waals surface area (Å²) >= 11 is 0. The first-order valence-electron chi connectivity index (χ1n) is 8.55. The van der Waals surface area contributed by atoms with E-state index in [1.807, 2.05) is 62.4 Å². The molecule has 5 nitrogen and oxygen atoms in total. The third-order valence-corrected chi connectivity index (χ3v) is 4.75. The summed E-state index contributed by atoms with van der Waals surface area (Å²) in [5.74, 6) is 0.548. The van der Waals surface area contributed by atoms with Crippen LogP contribution in [0.4, 0.5) is 0 Å². The van der Waals surface area contributed by atoms with E-state index in [1.165, 1.54) is 0 Å². The van der Waals surface area contributed by atoms with Crippen LogP contribution in [0, 0.1) is 0 Å². The van der Waals surface area contributed by atoms with Crippen molar-refractivity contribution in [3.05, 3.63) is 71.3 Å². The van der Waals surface area contributed by atoms with E-state index in [9.17, 15) is 8.42 Å². The van der Waals surface area contributed by atoms with Gasteiger partial charge in [-0.05, 0) is 43.5 Å². The van der Waals surface area contributed by atoms with Crippen LogP contribution < -0.4 is 15.6 Å². The molecule has 0 aliphatic carbocycles. The Morgan fingerprint density at radius 2 is 1.77 bits per heavy atom. The van der Waals surface area contributed by atoms with Crippen LogP contribution in [0.15, 0.2) is 59.5 Å². The fraction of sp³-hybridized carbons (Fsp3) is 0.300. The summed E-state index contributed by atoms with van der Waals surface area (Å²) < 4.78 is 30.4. The van der Waals surface area contributed by atoms with Crippen molar-refractivity contribution < 1.29 is 13.2 Å². The Balaban J connectivity index is 2.58. The number of rotatable bonds is 8. The molecule has 2 aromatic carbocycles. The summed E-state index contributed by atoms with van der Waals surface area (Å²) in [6.45, 7) is 4.25. The molecule has 0 fully saturated rings. The average Bonchev–Trinajstić information content (AvgIpc) is 2.56. The van der Waals surface area contributed by atoms with Crippen molar-refractivity contribution in [1.82, 2.24) is 0 Å². The van der Waals surface area contributed by atoms with Gasteiger partial charge in [0.2, 0.25) is 10.0 Å². The van der Waals surface area contributed by atoms with Gasteiger partial charge in [0.25, 0.3) is 0 Å². The molecule has 2 aromatic rings. The Morgan fingerprint density at radius 3 is 2.35 bits per heavy atom. The Labute approximate surface area is 155 Å². The van der Waals surface area contributed by atoms with Crippen LogP contribution in [0.2, 0.25) is 0 Å². The second kappa shape index (κ2) is 8.98. The average molecular weight is 375 g/mol. The van der Waals surface area contributed by atoms with Crippen molar-refractivity contribution >= 4 is 10.0 Å². The predicted octanol–water partition coefficient (Wildman–Crippen LogP) is 2.77. The molecule has 0 atom stereocenters. The SMILES string of the molecule is CC(C)Oc1cc(CC=CCN)cc(S(N)(=O)=O)c1Cc1ccccc1. The zero-order valence-electron chi connectivity index (χ0n) is 15.2. The van der Waals surface area contributed by atoms with Gasteiger partial charge < -0.3 is 10.5 Å². The Hall–Kier alpha value is -2.15. The standard InChI is InChI=1S/C20H26N2O3S/c1-15(2)25-19-13-17(10-6-7-11-21)14-20(26(22,23)24)18(19)12-16-8-4-3-5-9-16/h3-9,13-15H,10-12,21H2,1-2H3,(H2,22,23,24). The molecule has 0 unspecified atom stereocenters. The molecule has 4 N–H and O–H groups in total. The summed E-state index contributed by atoms with van der Waals surface area (Å²) in [6, 6.07) is 13.2. The highest BCUT2D eigenvalue weighted by Gasteiger charge is 2.21. The maximum atomic E-state index is 12.2. The predicted molar refractivity (Wildman–Crippen MR) is 105 cm³/mol. The van der Waals surface area contributed by atoms with Crippen LogP contribution in [0.5, 0.6) is 5.75 Å². The minimum Gasteiger partial charge on any atom is -0.491 e. The van der Waals surface area contributed by atoms with Crippen LogP contribution >= 0.6 is 0 Å². The van der Waals surface area contributed by atoms with Crippen molar-refractivity contribution in [3.63, 3.8) is 0 Å². The van der Waals surface area contributed by atoms with Gasteiger partial charge in [-0.25, -0.2) is 13.6 Å². The maximum absolute atomic E-state index is 12.2. The molecule has 0 aromatic heterocycles. The van der Waals surface area contributed by atoms with E-state index in [0.717, 1.165) is 11.1 Å². The summed E-state index contributed by atoms with van der Waals surface area (Å²) in [5.41, 5.74) is 7.85. The van der Waals surface area contributed by atoms with Gasteiger partial charge in [0.1, 0.15) is 5.75 Å². The first-order chi connectivity index (χ1) is 12.3. The fourth-order valence-corrected chi connectivity index (χ4v) is 3.53. The topological polar surface area (TPSA) is 95.4 Å². The maximum Gasteiger partial charge on any atom is 0.238 e. The molecular formula is C20H26N2O3S. The Morgan fingerprint density at radius 1 is 1.08 bits per heavy atom. The largest absolute Gasteiger partial charge is 0.491 e. The number of nitrogens with two attached hydrogens (primary N) is 2. The Bertz CT molecular complexity index is 860. The van der Waals surface area contributed by atoms with Gasteiger partial charge in [-0.2, -0.15) is 0 Å². The summed E-state index contributed by atoms with van der Waals surface area (Å²) in [4.78, 5) is 0.107. The van der Waals surface area contributed by atoms with E-state index >= 15 is 0 Å². The molecule has 6 heteroatoms. The molecule has 0 amide bonds. The number of benzene rings is 2. The molecule has 0 aliphatic rings. The summed E-state index contributed by atoms with van der Waals surface area (Å²) in [7, 11) is -3.89. The number of hydrogen-bond donors (Lipinski definition) is 2. The second-order valence-electron chi connectivity index (χ2n) is 6.36. The highest BCUT2D eigenvalue weighted by molar-refractivity contribution is 7.89. The van der Waals surface area contributed by atoms with Crippen molar-refractivity contribution in [1.29, 1.82) is 0 Å². The van der Waals surface area contributed by atoms with Crippen LogP contribution in [0.25, 0.3) is 0 Å². The number of hydrogen-bond acceptors (Lipinski definition) is 4. The molecule has 0 bridgehead atoms. The van der Waals surface area contributed by atoms with Gasteiger partial charge in [-0.1, -0.05) is 42.5 Å². The van der Waals surface area contributed by atoms with Gasteiger partial charge >= 0.3 is 0 Å². The normalized spacial score (nSPS) is 12.0. The molecule has 0 saturated heterocycles. The summed E-state index contributed by atoms with van der Waals surface area (Å²) in [5, 5.41) is 5.51. The zero-order valence-corrected chi connectivity index (χ0v) is 16.0. The molecule has 2 rings (SSSR count). The number of allylic oxidation sites excluding steroid dienone is 1. The molecule has 140 valence electrons. The molecular weight excluding hydrogens is 348 g/mol. The third-order valence-electron chi connectivity index (χ3n) is 3.78. The van der Waals surface area contributed by atoms with Gasteiger partial charge in [-0.3, -0.25) is 0 Å². The van der Waals surface area contributed by atoms with E-state index in [-0.39, 0.29) is 11.0 Å². The highest BCUT2D eigenvalue weighted by Crippen LogP contribution is 2.31. The monoisotopic (exact) mass is 374 g/mol. The third kappa shape index (κ3) is 5.69. The fourth-order valence-electron chi connectivity index (χ4n) is 2.69. The lowest BCUT2D eigenvalue weighted by atomic mass is 10.0. The van der Waals surface area contributed by atoms with Crippen LogP contribution in [-0.4, -0.2) is 21.1 Å². The lowest BCUT2D eigenvalue weighted by Gasteiger charge is -2.19. The Kier molecular flexibility index (Phi) is 6.97. The van der Waals surface area contributed by atoms with Crippen molar-refractivity contribution in [2.24, 2.45) is 10.9 Å². The second-order valence-corrected chi connectivity index (χ2v) is 7.89. The van der Waals surface area contributed by atoms with Gasteiger partial charge in [0, 0.05) is 18.5 Å².